The van der Waals surface area contributed by atoms with E-state index in [0.717, 1.165) is 44.4 Å². The normalized spacial score (nSPS) is 18.9. The summed E-state index contributed by atoms with van der Waals surface area (Å²) in [6, 6.07) is 0. The number of aromatic nitrogens is 2. The summed E-state index contributed by atoms with van der Waals surface area (Å²) in [5, 5.41) is 7.39. The van der Waals surface area contributed by atoms with Gasteiger partial charge < -0.3 is 9.84 Å². The van der Waals surface area contributed by atoms with Gasteiger partial charge in [0.1, 0.15) is 0 Å². The van der Waals surface area contributed by atoms with Crippen molar-refractivity contribution in [1.82, 2.24) is 20.4 Å². The Balaban J connectivity index is 1.91. The Morgan fingerprint density at radius 2 is 2.25 bits per heavy atom. The third kappa shape index (κ3) is 3.02. The SMILES string of the molecule is CC(C)c1nc(CN2CCCNCC2)no1. The highest BCUT2D eigenvalue weighted by Gasteiger charge is 2.14. The smallest absolute Gasteiger partial charge is 0.229 e. The molecule has 0 radical (unpaired) electrons. The summed E-state index contributed by atoms with van der Waals surface area (Å²) in [6.45, 7) is 9.26. The highest BCUT2D eigenvalue weighted by molar-refractivity contribution is 4.91. The molecule has 5 nitrogen and oxygen atoms in total. The van der Waals surface area contributed by atoms with Gasteiger partial charge >= 0.3 is 0 Å². The van der Waals surface area contributed by atoms with E-state index in [2.05, 4.69) is 34.2 Å². The third-order valence-corrected chi connectivity index (χ3v) is 2.78. The molecule has 1 aliphatic heterocycles. The van der Waals surface area contributed by atoms with Gasteiger partial charge in [-0.05, 0) is 19.5 Å². The molecule has 2 rings (SSSR count). The predicted octanol–water partition coefficient (Wildman–Crippen LogP) is 0.988. The van der Waals surface area contributed by atoms with Gasteiger partial charge in [0, 0.05) is 19.0 Å². The number of hydrogen-bond acceptors (Lipinski definition) is 5. The van der Waals surface area contributed by atoms with Crippen molar-refractivity contribution in [2.24, 2.45) is 0 Å². The number of nitrogens with zero attached hydrogens (tertiary/aromatic N) is 3. The molecule has 1 fully saturated rings. The van der Waals surface area contributed by atoms with Gasteiger partial charge in [-0.3, -0.25) is 4.90 Å². The summed E-state index contributed by atoms with van der Waals surface area (Å²) in [4.78, 5) is 6.76. The predicted molar refractivity (Wildman–Crippen MR) is 61.2 cm³/mol. The zero-order chi connectivity index (χ0) is 11.4. The Bertz CT molecular complexity index is 316. The van der Waals surface area contributed by atoms with Crippen LogP contribution in [-0.4, -0.2) is 41.2 Å². The van der Waals surface area contributed by atoms with Crippen LogP contribution in [0.5, 0.6) is 0 Å². The maximum Gasteiger partial charge on any atom is 0.229 e. The van der Waals surface area contributed by atoms with E-state index in [0.29, 0.717) is 5.92 Å². The van der Waals surface area contributed by atoms with Gasteiger partial charge in [0.05, 0.1) is 6.54 Å². The molecule has 2 heterocycles. The summed E-state index contributed by atoms with van der Waals surface area (Å²) < 4.78 is 5.20. The molecule has 0 atom stereocenters. The second-order valence-corrected chi connectivity index (χ2v) is 4.58. The summed E-state index contributed by atoms with van der Waals surface area (Å²) in [5.41, 5.74) is 0. The fraction of sp³-hybridized carbons (Fsp3) is 0.818. The largest absolute Gasteiger partial charge is 0.339 e. The zero-order valence-corrected chi connectivity index (χ0v) is 10.1. The van der Waals surface area contributed by atoms with E-state index >= 15 is 0 Å². The van der Waals surface area contributed by atoms with Crippen molar-refractivity contribution in [3.05, 3.63) is 11.7 Å². The molecule has 0 aromatic carbocycles. The van der Waals surface area contributed by atoms with E-state index in [1.54, 1.807) is 0 Å². The maximum absolute atomic E-state index is 5.20. The van der Waals surface area contributed by atoms with Crippen molar-refractivity contribution in [2.75, 3.05) is 26.2 Å². The van der Waals surface area contributed by atoms with Crippen LogP contribution in [0.2, 0.25) is 0 Å². The molecule has 90 valence electrons. The molecule has 1 aliphatic rings. The van der Waals surface area contributed by atoms with Gasteiger partial charge in [0.25, 0.3) is 0 Å². The molecule has 0 aliphatic carbocycles. The lowest BCUT2D eigenvalue weighted by Gasteiger charge is -2.16. The fourth-order valence-electron chi connectivity index (χ4n) is 1.83. The first kappa shape index (κ1) is 11.5. The molecular formula is C11H20N4O. The number of hydrogen-bond donors (Lipinski definition) is 1. The average Bonchev–Trinajstić information content (AvgIpc) is 2.56. The van der Waals surface area contributed by atoms with Crippen LogP contribution >= 0.6 is 0 Å². The molecule has 0 saturated carbocycles. The van der Waals surface area contributed by atoms with Gasteiger partial charge in [0.2, 0.25) is 5.89 Å². The van der Waals surface area contributed by atoms with Crippen molar-refractivity contribution >= 4 is 0 Å². The lowest BCUT2D eigenvalue weighted by atomic mass is 10.2. The standard InChI is InChI=1S/C11H20N4O/c1-9(2)11-13-10(14-16-11)8-15-6-3-4-12-5-7-15/h9,12H,3-8H2,1-2H3. The Morgan fingerprint density at radius 1 is 1.38 bits per heavy atom. The molecule has 0 amide bonds. The third-order valence-electron chi connectivity index (χ3n) is 2.78. The minimum absolute atomic E-state index is 0.312. The Morgan fingerprint density at radius 3 is 3.00 bits per heavy atom. The molecule has 5 heteroatoms. The van der Waals surface area contributed by atoms with Gasteiger partial charge in [-0.25, -0.2) is 0 Å². The molecule has 16 heavy (non-hydrogen) atoms. The van der Waals surface area contributed by atoms with E-state index < -0.39 is 0 Å². The van der Waals surface area contributed by atoms with Crippen LogP contribution in [0.4, 0.5) is 0 Å². The second kappa shape index (κ2) is 5.41. The van der Waals surface area contributed by atoms with Crippen LogP contribution in [0.15, 0.2) is 4.52 Å². The van der Waals surface area contributed by atoms with Crippen LogP contribution in [0.3, 0.4) is 0 Å². The van der Waals surface area contributed by atoms with E-state index in [-0.39, 0.29) is 0 Å². The minimum Gasteiger partial charge on any atom is -0.339 e. The van der Waals surface area contributed by atoms with Crippen LogP contribution < -0.4 is 5.32 Å². The van der Waals surface area contributed by atoms with Gasteiger partial charge in [0.15, 0.2) is 5.82 Å². The fourth-order valence-corrected chi connectivity index (χ4v) is 1.83. The number of rotatable bonds is 3. The van der Waals surface area contributed by atoms with E-state index in [1.165, 1.54) is 6.42 Å². The highest BCUT2D eigenvalue weighted by Crippen LogP contribution is 2.12. The molecule has 0 bridgehead atoms. The Labute approximate surface area is 96.2 Å². The summed E-state index contributed by atoms with van der Waals surface area (Å²) in [6.07, 6.45) is 1.19. The summed E-state index contributed by atoms with van der Waals surface area (Å²) >= 11 is 0. The first-order valence-corrected chi connectivity index (χ1v) is 6.01. The monoisotopic (exact) mass is 224 g/mol. The first-order chi connectivity index (χ1) is 7.75. The topological polar surface area (TPSA) is 54.2 Å². The molecule has 1 aromatic heterocycles. The average molecular weight is 224 g/mol. The molecular weight excluding hydrogens is 204 g/mol. The van der Waals surface area contributed by atoms with Crippen molar-refractivity contribution in [3.8, 4) is 0 Å². The molecule has 0 unspecified atom stereocenters. The zero-order valence-electron chi connectivity index (χ0n) is 10.1. The number of nitrogens with one attached hydrogen (secondary N) is 1. The van der Waals surface area contributed by atoms with Gasteiger partial charge in [-0.2, -0.15) is 4.98 Å². The maximum atomic E-state index is 5.20. The van der Waals surface area contributed by atoms with Crippen LogP contribution in [0, 0.1) is 0 Å². The molecule has 1 saturated heterocycles. The molecule has 1 aromatic rings. The Hall–Kier alpha value is -0.940. The lowest BCUT2D eigenvalue weighted by Crippen LogP contribution is -2.28. The summed E-state index contributed by atoms with van der Waals surface area (Å²) in [5.74, 6) is 1.86. The highest BCUT2D eigenvalue weighted by atomic mass is 16.5. The quantitative estimate of drug-likeness (QED) is 0.829. The Kier molecular flexibility index (Phi) is 3.90. The van der Waals surface area contributed by atoms with Crippen molar-refractivity contribution < 1.29 is 4.52 Å². The van der Waals surface area contributed by atoms with Crippen LogP contribution in [0.1, 0.15) is 37.9 Å². The summed E-state index contributed by atoms with van der Waals surface area (Å²) in [7, 11) is 0. The van der Waals surface area contributed by atoms with Crippen LogP contribution in [0.25, 0.3) is 0 Å². The second-order valence-electron chi connectivity index (χ2n) is 4.58. The van der Waals surface area contributed by atoms with Gasteiger partial charge in [-0.1, -0.05) is 19.0 Å². The van der Waals surface area contributed by atoms with E-state index in [4.69, 9.17) is 4.52 Å². The van der Waals surface area contributed by atoms with E-state index in [9.17, 15) is 0 Å². The van der Waals surface area contributed by atoms with Crippen LogP contribution in [-0.2, 0) is 6.54 Å². The lowest BCUT2D eigenvalue weighted by molar-refractivity contribution is 0.270. The van der Waals surface area contributed by atoms with Crippen molar-refractivity contribution in [1.29, 1.82) is 0 Å². The first-order valence-electron chi connectivity index (χ1n) is 6.01. The molecule has 1 N–H and O–H groups in total. The molecule has 0 spiro atoms. The van der Waals surface area contributed by atoms with Crippen molar-refractivity contribution in [3.63, 3.8) is 0 Å². The van der Waals surface area contributed by atoms with Gasteiger partial charge in [-0.15, -0.1) is 0 Å². The minimum atomic E-state index is 0.312. The van der Waals surface area contributed by atoms with E-state index in [1.807, 2.05) is 0 Å². The van der Waals surface area contributed by atoms with Crippen molar-refractivity contribution in [2.45, 2.75) is 32.7 Å².